The Bertz CT molecular complexity index is 448. The van der Waals surface area contributed by atoms with Gasteiger partial charge in [-0.15, -0.1) is 11.8 Å². The molecule has 0 aromatic heterocycles. The van der Waals surface area contributed by atoms with Gasteiger partial charge in [0.2, 0.25) is 0 Å². The van der Waals surface area contributed by atoms with E-state index < -0.39 is 0 Å². The molecule has 4 heteroatoms. The zero-order chi connectivity index (χ0) is 14.2. The molecule has 1 unspecified atom stereocenters. The molecule has 1 aliphatic rings. The van der Waals surface area contributed by atoms with Gasteiger partial charge < -0.3 is 10.6 Å². The summed E-state index contributed by atoms with van der Waals surface area (Å²) in [5, 5.41) is 7.36. The first kappa shape index (κ1) is 15.0. The first-order valence-electron chi connectivity index (χ1n) is 7.12. The Kier molecular flexibility index (Phi) is 5.99. The van der Waals surface area contributed by atoms with Crippen molar-refractivity contribution in [2.24, 2.45) is 4.99 Å². The van der Waals surface area contributed by atoms with E-state index in [1.165, 1.54) is 4.90 Å². The highest BCUT2D eigenvalue weighted by Gasteiger charge is 2.12. The summed E-state index contributed by atoms with van der Waals surface area (Å²) in [4.78, 5) is 5.60. The summed E-state index contributed by atoms with van der Waals surface area (Å²) in [7, 11) is 1.83. The Morgan fingerprint density at radius 2 is 2.00 bits per heavy atom. The lowest BCUT2D eigenvalue weighted by molar-refractivity contribution is 0.632. The van der Waals surface area contributed by atoms with Gasteiger partial charge in [0.25, 0.3) is 0 Å². The molecule has 3 nitrogen and oxygen atoms in total. The second-order valence-electron chi connectivity index (χ2n) is 4.98. The highest BCUT2D eigenvalue weighted by Crippen LogP contribution is 2.21. The standard InChI is InChI=1S/C16H23N3S/c1-13(20-15-10-4-3-5-11-15)12-18-16(17-2)19-14-8-6-7-9-14/h3-7,10-11,13-14H,8-9,12H2,1-2H3,(H2,17,18,19). The minimum atomic E-state index is 0.498. The van der Waals surface area contributed by atoms with E-state index in [0.29, 0.717) is 11.3 Å². The quantitative estimate of drug-likeness (QED) is 0.378. The third-order valence-electron chi connectivity index (χ3n) is 3.21. The Morgan fingerprint density at radius 1 is 1.30 bits per heavy atom. The molecule has 1 aliphatic carbocycles. The van der Waals surface area contributed by atoms with Crippen molar-refractivity contribution < 1.29 is 0 Å². The number of hydrogen-bond donors (Lipinski definition) is 2. The molecule has 0 spiro atoms. The van der Waals surface area contributed by atoms with Crippen LogP contribution in [-0.2, 0) is 0 Å². The van der Waals surface area contributed by atoms with Crippen LogP contribution in [0.1, 0.15) is 19.8 Å². The molecule has 0 amide bonds. The number of hydrogen-bond acceptors (Lipinski definition) is 2. The molecule has 2 rings (SSSR count). The monoisotopic (exact) mass is 289 g/mol. The van der Waals surface area contributed by atoms with Crippen LogP contribution in [0.25, 0.3) is 0 Å². The molecule has 1 aromatic rings. The summed E-state index contributed by atoms with van der Waals surface area (Å²) < 4.78 is 0. The van der Waals surface area contributed by atoms with Crippen molar-refractivity contribution >= 4 is 17.7 Å². The topological polar surface area (TPSA) is 36.4 Å². The Labute approximate surface area is 126 Å². The zero-order valence-corrected chi connectivity index (χ0v) is 13.0. The molecule has 1 aromatic carbocycles. The number of nitrogens with zero attached hydrogens (tertiary/aromatic N) is 1. The van der Waals surface area contributed by atoms with Gasteiger partial charge in [0.15, 0.2) is 5.96 Å². The Morgan fingerprint density at radius 3 is 2.65 bits per heavy atom. The number of nitrogens with one attached hydrogen (secondary N) is 2. The predicted octanol–water partition coefficient (Wildman–Crippen LogP) is 3.05. The van der Waals surface area contributed by atoms with Gasteiger partial charge in [-0.3, -0.25) is 4.99 Å². The van der Waals surface area contributed by atoms with Crippen LogP contribution < -0.4 is 10.6 Å². The SMILES string of the molecule is CN=C(NCC(C)Sc1ccccc1)NC1CC=CC1. The van der Waals surface area contributed by atoms with Crippen LogP contribution in [0.2, 0.25) is 0 Å². The van der Waals surface area contributed by atoms with Crippen molar-refractivity contribution in [1.29, 1.82) is 0 Å². The molecule has 0 saturated carbocycles. The summed E-state index contributed by atoms with van der Waals surface area (Å²) in [6.45, 7) is 3.13. The third-order valence-corrected chi connectivity index (χ3v) is 4.32. The van der Waals surface area contributed by atoms with Crippen LogP contribution in [0.15, 0.2) is 52.4 Å². The lowest BCUT2D eigenvalue weighted by Crippen LogP contribution is -2.44. The molecule has 2 N–H and O–H groups in total. The van der Waals surface area contributed by atoms with E-state index in [2.05, 4.69) is 59.0 Å². The van der Waals surface area contributed by atoms with Gasteiger partial charge in [0, 0.05) is 29.8 Å². The van der Waals surface area contributed by atoms with Gasteiger partial charge in [-0.2, -0.15) is 0 Å². The molecule has 0 saturated heterocycles. The smallest absolute Gasteiger partial charge is 0.191 e. The average molecular weight is 289 g/mol. The molecule has 108 valence electrons. The largest absolute Gasteiger partial charge is 0.355 e. The van der Waals surface area contributed by atoms with E-state index >= 15 is 0 Å². The van der Waals surface area contributed by atoms with Gasteiger partial charge in [-0.25, -0.2) is 0 Å². The number of rotatable bonds is 5. The van der Waals surface area contributed by atoms with Gasteiger partial charge in [0.1, 0.15) is 0 Å². The minimum Gasteiger partial charge on any atom is -0.355 e. The van der Waals surface area contributed by atoms with Crippen LogP contribution in [0.5, 0.6) is 0 Å². The van der Waals surface area contributed by atoms with E-state index in [1.54, 1.807) is 0 Å². The van der Waals surface area contributed by atoms with E-state index in [1.807, 2.05) is 24.9 Å². The van der Waals surface area contributed by atoms with Crippen LogP contribution in [0.4, 0.5) is 0 Å². The lowest BCUT2D eigenvalue weighted by atomic mass is 10.2. The van der Waals surface area contributed by atoms with E-state index in [4.69, 9.17) is 0 Å². The molecule has 0 aliphatic heterocycles. The fourth-order valence-electron chi connectivity index (χ4n) is 2.14. The maximum atomic E-state index is 4.29. The van der Waals surface area contributed by atoms with Crippen molar-refractivity contribution in [3.63, 3.8) is 0 Å². The number of benzene rings is 1. The average Bonchev–Trinajstić information content (AvgIpc) is 2.97. The molecule has 0 radical (unpaired) electrons. The fraction of sp³-hybridized carbons (Fsp3) is 0.438. The van der Waals surface area contributed by atoms with Crippen molar-refractivity contribution in [2.75, 3.05) is 13.6 Å². The lowest BCUT2D eigenvalue weighted by Gasteiger charge is -2.19. The first-order valence-corrected chi connectivity index (χ1v) is 8.00. The van der Waals surface area contributed by atoms with Gasteiger partial charge >= 0.3 is 0 Å². The summed E-state index contributed by atoms with van der Waals surface area (Å²) in [6, 6.07) is 11.0. The van der Waals surface area contributed by atoms with Crippen LogP contribution >= 0.6 is 11.8 Å². The third kappa shape index (κ3) is 4.93. The highest BCUT2D eigenvalue weighted by atomic mass is 32.2. The molecule has 0 fully saturated rings. The molecule has 0 heterocycles. The Balaban J connectivity index is 1.72. The van der Waals surface area contributed by atoms with Crippen molar-refractivity contribution in [2.45, 2.75) is 36.0 Å². The fourth-order valence-corrected chi connectivity index (χ4v) is 3.08. The van der Waals surface area contributed by atoms with Gasteiger partial charge in [0.05, 0.1) is 0 Å². The molecule has 1 atom stereocenters. The second kappa shape index (κ2) is 8.00. The molecule has 20 heavy (non-hydrogen) atoms. The van der Waals surface area contributed by atoms with E-state index in [9.17, 15) is 0 Å². The van der Waals surface area contributed by atoms with Crippen LogP contribution in [-0.4, -0.2) is 30.8 Å². The maximum Gasteiger partial charge on any atom is 0.191 e. The van der Waals surface area contributed by atoms with Crippen LogP contribution in [0, 0.1) is 0 Å². The van der Waals surface area contributed by atoms with Crippen molar-refractivity contribution in [3.05, 3.63) is 42.5 Å². The predicted molar refractivity (Wildman–Crippen MR) is 88.4 cm³/mol. The highest BCUT2D eigenvalue weighted by molar-refractivity contribution is 8.00. The minimum absolute atomic E-state index is 0.498. The number of guanidine groups is 1. The van der Waals surface area contributed by atoms with Crippen molar-refractivity contribution in [1.82, 2.24) is 10.6 Å². The van der Waals surface area contributed by atoms with Crippen molar-refractivity contribution in [3.8, 4) is 0 Å². The molecular formula is C16H23N3S. The second-order valence-corrected chi connectivity index (χ2v) is 6.49. The van der Waals surface area contributed by atoms with E-state index in [-0.39, 0.29) is 0 Å². The summed E-state index contributed by atoms with van der Waals surface area (Å²) >= 11 is 1.88. The summed E-state index contributed by atoms with van der Waals surface area (Å²) in [5.41, 5.74) is 0. The Hall–Kier alpha value is -1.42. The normalized spacial score (nSPS) is 17.2. The van der Waals surface area contributed by atoms with E-state index in [0.717, 1.165) is 25.3 Å². The number of aliphatic imine (C=N–C) groups is 1. The summed E-state index contributed by atoms with van der Waals surface area (Å²) in [6.07, 6.45) is 6.63. The maximum absolute atomic E-state index is 4.29. The van der Waals surface area contributed by atoms with Crippen LogP contribution in [0.3, 0.4) is 0 Å². The first-order chi connectivity index (χ1) is 9.78. The van der Waals surface area contributed by atoms with Gasteiger partial charge in [-0.1, -0.05) is 37.3 Å². The molecule has 0 bridgehead atoms. The number of thioether (sulfide) groups is 1. The zero-order valence-electron chi connectivity index (χ0n) is 12.2. The van der Waals surface area contributed by atoms with Gasteiger partial charge in [-0.05, 0) is 25.0 Å². The molecular weight excluding hydrogens is 266 g/mol. The summed E-state index contributed by atoms with van der Waals surface area (Å²) in [5.74, 6) is 0.902.